The van der Waals surface area contributed by atoms with Gasteiger partial charge in [-0.1, -0.05) is 11.6 Å². The number of amides is 2. The summed E-state index contributed by atoms with van der Waals surface area (Å²) in [4.78, 5) is 35.4. The molecule has 3 rings (SSSR count). The summed E-state index contributed by atoms with van der Waals surface area (Å²) in [5, 5.41) is 13.4. The summed E-state index contributed by atoms with van der Waals surface area (Å²) in [6, 6.07) is 6.32. The first-order valence-electron chi connectivity index (χ1n) is 11.1. The standard InChI is InChI=1S/C24H23ClF4N2O5/c25-18-11-14(3-7-17(18)24(27,28)29)21(32)30-9-10-31-22(33)15-4-8-20(19(26)12-15)36-16-5-1-13(2-6-16)23(34)35/h3-4,7-8,11-13,16H,1-2,5-6,9-10H2,(H,30,32)(H,31,33)(H,34,35). The number of carboxylic acids is 1. The number of benzene rings is 2. The lowest BCUT2D eigenvalue weighted by Crippen LogP contribution is -2.34. The van der Waals surface area contributed by atoms with Crippen LogP contribution in [-0.4, -0.2) is 42.1 Å². The molecular formula is C24H23ClF4N2O5. The molecule has 194 valence electrons. The molecule has 0 saturated heterocycles. The first kappa shape index (κ1) is 27.3. The van der Waals surface area contributed by atoms with E-state index in [0.29, 0.717) is 31.7 Å². The summed E-state index contributed by atoms with van der Waals surface area (Å²) in [6.45, 7) is -0.0580. The van der Waals surface area contributed by atoms with Crippen molar-refractivity contribution in [2.45, 2.75) is 38.0 Å². The molecule has 1 saturated carbocycles. The highest BCUT2D eigenvalue weighted by Crippen LogP contribution is 2.35. The lowest BCUT2D eigenvalue weighted by Gasteiger charge is -2.27. The fraction of sp³-hybridized carbons (Fsp3) is 0.375. The van der Waals surface area contributed by atoms with Crippen LogP contribution in [0.5, 0.6) is 5.75 Å². The molecule has 2 aromatic rings. The first-order valence-corrected chi connectivity index (χ1v) is 11.5. The minimum absolute atomic E-state index is 0.0222. The molecule has 1 aliphatic rings. The molecule has 0 atom stereocenters. The molecule has 0 aromatic heterocycles. The van der Waals surface area contributed by atoms with Gasteiger partial charge in [0.1, 0.15) is 0 Å². The summed E-state index contributed by atoms with van der Waals surface area (Å²) in [6.07, 6.45) is -3.07. The number of rotatable bonds is 8. The zero-order valence-electron chi connectivity index (χ0n) is 18.8. The average Bonchev–Trinajstić information content (AvgIpc) is 2.82. The summed E-state index contributed by atoms with van der Waals surface area (Å²) in [5.74, 6) is -3.32. The summed E-state index contributed by atoms with van der Waals surface area (Å²) in [7, 11) is 0. The van der Waals surface area contributed by atoms with Crippen LogP contribution in [0.15, 0.2) is 36.4 Å². The van der Waals surface area contributed by atoms with Gasteiger partial charge >= 0.3 is 12.1 Å². The maximum atomic E-state index is 14.4. The molecule has 2 amide bonds. The normalized spacial score (nSPS) is 17.8. The molecule has 0 radical (unpaired) electrons. The Morgan fingerprint density at radius 1 is 0.944 bits per heavy atom. The second kappa shape index (κ2) is 11.6. The third kappa shape index (κ3) is 7.09. The maximum Gasteiger partial charge on any atom is 0.417 e. The number of nitrogens with one attached hydrogen (secondary N) is 2. The van der Waals surface area contributed by atoms with E-state index in [9.17, 15) is 31.9 Å². The van der Waals surface area contributed by atoms with Crippen molar-refractivity contribution < 1.29 is 41.8 Å². The smallest absolute Gasteiger partial charge is 0.417 e. The van der Waals surface area contributed by atoms with E-state index in [2.05, 4.69) is 10.6 Å². The average molecular weight is 531 g/mol. The third-order valence-electron chi connectivity index (χ3n) is 5.74. The van der Waals surface area contributed by atoms with Crippen molar-refractivity contribution in [1.29, 1.82) is 0 Å². The van der Waals surface area contributed by atoms with Gasteiger partial charge in [0.15, 0.2) is 11.6 Å². The fourth-order valence-electron chi connectivity index (χ4n) is 3.79. The molecule has 2 aromatic carbocycles. The van der Waals surface area contributed by atoms with Crippen LogP contribution in [0.3, 0.4) is 0 Å². The Labute approximate surface area is 208 Å². The largest absolute Gasteiger partial charge is 0.487 e. The van der Waals surface area contributed by atoms with Gasteiger partial charge in [0.05, 0.1) is 22.6 Å². The number of alkyl halides is 3. The van der Waals surface area contributed by atoms with Gasteiger partial charge in [-0.05, 0) is 62.1 Å². The Bertz CT molecular complexity index is 1130. The third-order valence-corrected chi connectivity index (χ3v) is 6.06. The van der Waals surface area contributed by atoms with Crippen molar-refractivity contribution in [1.82, 2.24) is 10.6 Å². The van der Waals surface area contributed by atoms with Gasteiger partial charge in [-0.3, -0.25) is 14.4 Å². The van der Waals surface area contributed by atoms with Gasteiger partial charge in [-0.15, -0.1) is 0 Å². The molecule has 7 nitrogen and oxygen atoms in total. The highest BCUT2D eigenvalue weighted by Gasteiger charge is 2.33. The zero-order valence-corrected chi connectivity index (χ0v) is 19.6. The van der Waals surface area contributed by atoms with E-state index in [4.69, 9.17) is 21.4 Å². The van der Waals surface area contributed by atoms with Crippen LogP contribution in [0, 0.1) is 11.7 Å². The van der Waals surface area contributed by atoms with E-state index in [1.165, 1.54) is 12.1 Å². The highest BCUT2D eigenvalue weighted by atomic mass is 35.5. The first-order chi connectivity index (χ1) is 17.0. The molecule has 0 bridgehead atoms. The Hall–Kier alpha value is -3.34. The Morgan fingerprint density at radius 2 is 1.50 bits per heavy atom. The van der Waals surface area contributed by atoms with Crippen LogP contribution in [0.2, 0.25) is 5.02 Å². The van der Waals surface area contributed by atoms with Gasteiger partial charge in [0.2, 0.25) is 0 Å². The molecule has 0 heterocycles. The van der Waals surface area contributed by atoms with Crippen molar-refractivity contribution in [3.05, 3.63) is 63.9 Å². The molecule has 0 aliphatic heterocycles. The highest BCUT2D eigenvalue weighted by molar-refractivity contribution is 6.31. The van der Waals surface area contributed by atoms with E-state index in [0.717, 1.165) is 18.2 Å². The van der Waals surface area contributed by atoms with Crippen molar-refractivity contribution in [3.63, 3.8) is 0 Å². The van der Waals surface area contributed by atoms with E-state index in [-0.39, 0.29) is 36.1 Å². The Balaban J connectivity index is 1.45. The topological polar surface area (TPSA) is 105 Å². The number of hydrogen-bond acceptors (Lipinski definition) is 4. The van der Waals surface area contributed by atoms with Gasteiger partial charge < -0.3 is 20.5 Å². The molecule has 1 aliphatic carbocycles. The van der Waals surface area contributed by atoms with E-state index < -0.39 is 46.3 Å². The second-order valence-electron chi connectivity index (χ2n) is 8.28. The monoisotopic (exact) mass is 530 g/mol. The minimum Gasteiger partial charge on any atom is -0.487 e. The lowest BCUT2D eigenvalue weighted by molar-refractivity contribution is -0.143. The maximum absolute atomic E-state index is 14.4. The molecule has 3 N–H and O–H groups in total. The van der Waals surface area contributed by atoms with Crippen LogP contribution < -0.4 is 15.4 Å². The van der Waals surface area contributed by atoms with Crippen molar-refractivity contribution in [2.75, 3.05) is 13.1 Å². The van der Waals surface area contributed by atoms with Gasteiger partial charge in [-0.2, -0.15) is 13.2 Å². The quantitative estimate of drug-likeness (QED) is 0.339. The molecule has 36 heavy (non-hydrogen) atoms. The van der Waals surface area contributed by atoms with E-state index >= 15 is 0 Å². The van der Waals surface area contributed by atoms with Crippen LogP contribution in [0.1, 0.15) is 52.0 Å². The number of carbonyl (C=O) groups is 3. The summed E-state index contributed by atoms with van der Waals surface area (Å²) in [5.41, 5.74) is -1.11. The van der Waals surface area contributed by atoms with Crippen molar-refractivity contribution >= 4 is 29.4 Å². The number of halogens is 5. The number of carboxylic acid groups (broad SMARTS) is 1. The van der Waals surface area contributed by atoms with Crippen LogP contribution in [-0.2, 0) is 11.0 Å². The zero-order chi connectivity index (χ0) is 26.5. The predicted molar refractivity (Wildman–Crippen MR) is 122 cm³/mol. The second-order valence-corrected chi connectivity index (χ2v) is 8.69. The lowest BCUT2D eigenvalue weighted by atomic mass is 9.87. The fourth-order valence-corrected chi connectivity index (χ4v) is 4.07. The number of carbonyl (C=O) groups excluding carboxylic acids is 2. The molecule has 12 heteroatoms. The minimum atomic E-state index is -4.64. The van der Waals surface area contributed by atoms with Gasteiger partial charge in [0.25, 0.3) is 11.8 Å². The van der Waals surface area contributed by atoms with Crippen LogP contribution in [0.25, 0.3) is 0 Å². The summed E-state index contributed by atoms with van der Waals surface area (Å²) >= 11 is 5.61. The molecule has 0 spiro atoms. The SMILES string of the molecule is O=C(NCCNC(=O)c1ccc(C(F)(F)F)c(Cl)c1)c1ccc(OC2CCC(C(=O)O)CC2)c(F)c1. The number of ether oxygens (including phenoxy) is 1. The predicted octanol–water partition coefficient (Wildman–Crippen LogP) is 4.68. The van der Waals surface area contributed by atoms with Crippen LogP contribution in [0.4, 0.5) is 17.6 Å². The van der Waals surface area contributed by atoms with E-state index in [1.807, 2.05) is 0 Å². The van der Waals surface area contributed by atoms with E-state index in [1.54, 1.807) is 0 Å². The van der Waals surface area contributed by atoms with Gasteiger partial charge in [-0.25, -0.2) is 4.39 Å². The Morgan fingerprint density at radius 3 is 2.00 bits per heavy atom. The molecular weight excluding hydrogens is 508 g/mol. The summed E-state index contributed by atoms with van der Waals surface area (Å²) < 4.78 is 58.4. The number of aliphatic carboxylic acids is 1. The van der Waals surface area contributed by atoms with Gasteiger partial charge in [0, 0.05) is 24.2 Å². The number of hydrogen-bond donors (Lipinski definition) is 3. The van der Waals surface area contributed by atoms with Crippen molar-refractivity contribution in [3.8, 4) is 5.75 Å². The molecule has 1 fully saturated rings. The van der Waals surface area contributed by atoms with Crippen LogP contribution >= 0.6 is 11.6 Å². The Kier molecular flexibility index (Phi) is 8.78. The molecule has 0 unspecified atom stereocenters. The van der Waals surface area contributed by atoms with Crippen molar-refractivity contribution in [2.24, 2.45) is 5.92 Å².